The number of nitrogen functional groups attached to an aromatic ring is 1. The summed E-state index contributed by atoms with van der Waals surface area (Å²) in [5.74, 6) is -0.202. The van der Waals surface area contributed by atoms with Gasteiger partial charge >= 0.3 is 11.7 Å². The number of rotatable bonds is 4. The van der Waals surface area contributed by atoms with Gasteiger partial charge in [0.2, 0.25) is 6.29 Å². The second-order valence-corrected chi connectivity index (χ2v) is 7.47. The lowest BCUT2D eigenvalue weighted by Crippen LogP contribution is -2.65. The van der Waals surface area contributed by atoms with Crippen LogP contribution in [-0.2, 0) is 14.2 Å². The highest BCUT2D eigenvalue weighted by atomic mass is 16.7. The molecule has 2 aromatic rings. The predicted octanol–water partition coefficient (Wildman–Crippen LogP) is 0.743. The molecule has 30 heavy (non-hydrogen) atoms. The van der Waals surface area contributed by atoms with Crippen molar-refractivity contribution in [3.8, 4) is 11.5 Å². The van der Waals surface area contributed by atoms with Gasteiger partial charge in [-0.3, -0.25) is 0 Å². The Morgan fingerprint density at radius 1 is 1.30 bits per heavy atom. The highest BCUT2D eigenvalue weighted by Crippen LogP contribution is 2.37. The van der Waals surface area contributed by atoms with E-state index in [1.54, 1.807) is 20.8 Å². The van der Waals surface area contributed by atoms with Gasteiger partial charge in [-0.05, 0) is 32.9 Å². The average molecular weight is 424 g/mol. The summed E-state index contributed by atoms with van der Waals surface area (Å²) in [7, 11) is 1.38. The predicted molar refractivity (Wildman–Crippen MR) is 104 cm³/mol. The maximum absolute atomic E-state index is 11.8. The van der Waals surface area contributed by atoms with E-state index >= 15 is 0 Å². The van der Waals surface area contributed by atoms with Crippen LogP contribution in [0.15, 0.2) is 21.3 Å². The Labute approximate surface area is 171 Å². The Balaban J connectivity index is 1.99. The minimum Gasteiger partial charge on any atom is -0.505 e. The van der Waals surface area contributed by atoms with Gasteiger partial charge in [0, 0.05) is 12.7 Å². The maximum Gasteiger partial charge on any atom is 0.404 e. The molecule has 1 fully saturated rings. The van der Waals surface area contributed by atoms with E-state index in [1.165, 1.54) is 19.2 Å². The van der Waals surface area contributed by atoms with Gasteiger partial charge in [-0.15, -0.1) is 0 Å². The van der Waals surface area contributed by atoms with E-state index in [9.17, 15) is 19.8 Å². The largest absolute Gasteiger partial charge is 0.505 e. The summed E-state index contributed by atoms with van der Waals surface area (Å²) in [5.41, 5.74) is 8.74. The molecule has 6 N–H and O–H groups in total. The number of carbonyl (C=O) groups excluding carboxylic acids is 1. The highest BCUT2D eigenvalue weighted by molar-refractivity contribution is 5.90. The molecule has 3 rings (SSSR count). The number of aliphatic hydroxyl groups excluding tert-OH is 1. The molecule has 0 spiro atoms. The number of carbonyl (C=O) groups is 1. The first kappa shape index (κ1) is 21.7. The molecule has 0 aliphatic carbocycles. The number of primary amides is 1. The molecular formula is C19H24N2O9. The van der Waals surface area contributed by atoms with Gasteiger partial charge in [0.1, 0.15) is 17.4 Å². The number of hydrogen-bond acceptors (Lipinski definition) is 10. The van der Waals surface area contributed by atoms with Crippen LogP contribution in [0.5, 0.6) is 11.5 Å². The molecule has 4 unspecified atom stereocenters. The topological polar surface area (TPSA) is 177 Å². The van der Waals surface area contributed by atoms with Gasteiger partial charge in [0.05, 0.1) is 11.0 Å². The number of benzene rings is 1. The number of ether oxygens (including phenoxy) is 4. The zero-order chi connectivity index (χ0) is 22.4. The van der Waals surface area contributed by atoms with E-state index in [2.05, 4.69) is 0 Å². The summed E-state index contributed by atoms with van der Waals surface area (Å²) < 4.78 is 27.2. The molecule has 1 saturated heterocycles. The van der Waals surface area contributed by atoms with E-state index in [4.69, 9.17) is 34.8 Å². The summed E-state index contributed by atoms with van der Waals surface area (Å²) in [5, 5.41) is 21.0. The van der Waals surface area contributed by atoms with E-state index < -0.39 is 53.4 Å². The monoisotopic (exact) mass is 424 g/mol. The molecule has 1 aromatic heterocycles. The van der Waals surface area contributed by atoms with Gasteiger partial charge in [-0.25, -0.2) is 9.59 Å². The van der Waals surface area contributed by atoms with E-state index in [0.29, 0.717) is 5.56 Å². The number of amides is 1. The van der Waals surface area contributed by atoms with E-state index in [-0.39, 0.29) is 16.7 Å². The Bertz CT molecular complexity index is 1030. The molecule has 1 aliphatic rings. The van der Waals surface area contributed by atoms with Crippen LogP contribution in [0.2, 0.25) is 0 Å². The first-order valence-electron chi connectivity index (χ1n) is 9.04. The van der Waals surface area contributed by atoms with Crippen molar-refractivity contribution in [2.24, 2.45) is 5.73 Å². The molecule has 2 heterocycles. The Morgan fingerprint density at radius 2 is 1.97 bits per heavy atom. The molecule has 4 atom stereocenters. The number of hydrogen-bond donors (Lipinski definition) is 4. The zero-order valence-corrected chi connectivity index (χ0v) is 16.9. The number of methoxy groups -OCH3 is 1. The molecule has 0 radical (unpaired) electrons. The molecule has 1 amide bonds. The van der Waals surface area contributed by atoms with E-state index in [1.807, 2.05) is 0 Å². The number of anilines is 1. The van der Waals surface area contributed by atoms with Crippen LogP contribution in [0.3, 0.4) is 0 Å². The van der Waals surface area contributed by atoms with Crippen LogP contribution < -0.4 is 21.8 Å². The third-order valence-corrected chi connectivity index (χ3v) is 5.05. The summed E-state index contributed by atoms with van der Waals surface area (Å²) in [6.07, 6.45) is -5.80. The molecule has 0 saturated carbocycles. The van der Waals surface area contributed by atoms with Crippen molar-refractivity contribution in [1.29, 1.82) is 0 Å². The van der Waals surface area contributed by atoms with Crippen molar-refractivity contribution in [1.82, 2.24) is 0 Å². The third kappa shape index (κ3) is 3.62. The lowest BCUT2D eigenvalue weighted by molar-refractivity contribution is -0.304. The average Bonchev–Trinajstić information content (AvgIpc) is 2.66. The first-order valence-corrected chi connectivity index (χ1v) is 9.04. The minimum atomic E-state index is -1.45. The van der Waals surface area contributed by atoms with Gasteiger partial charge in [-0.1, -0.05) is 0 Å². The van der Waals surface area contributed by atoms with Crippen LogP contribution in [0, 0.1) is 6.92 Å². The number of nitrogens with two attached hydrogens (primary N) is 2. The maximum atomic E-state index is 11.8. The summed E-state index contributed by atoms with van der Waals surface area (Å²) in [4.78, 5) is 23.1. The molecular weight excluding hydrogens is 400 g/mol. The minimum absolute atomic E-state index is 0.0634. The van der Waals surface area contributed by atoms with Crippen LogP contribution in [0.4, 0.5) is 10.5 Å². The fourth-order valence-electron chi connectivity index (χ4n) is 3.58. The molecule has 0 bridgehead atoms. The van der Waals surface area contributed by atoms with Crippen LogP contribution in [0.1, 0.15) is 19.4 Å². The summed E-state index contributed by atoms with van der Waals surface area (Å²) in [6.45, 7) is 4.94. The van der Waals surface area contributed by atoms with Gasteiger partial charge < -0.3 is 45.0 Å². The fourth-order valence-corrected chi connectivity index (χ4v) is 3.58. The summed E-state index contributed by atoms with van der Waals surface area (Å²) >= 11 is 0. The quantitative estimate of drug-likeness (QED) is 0.512. The lowest BCUT2D eigenvalue weighted by atomic mass is 9.89. The first-order chi connectivity index (χ1) is 14.0. The van der Waals surface area contributed by atoms with Crippen molar-refractivity contribution in [2.45, 2.75) is 51.0 Å². The highest BCUT2D eigenvalue weighted by Gasteiger charge is 2.53. The number of aliphatic hydroxyl groups is 1. The molecule has 1 aliphatic heterocycles. The van der Waals surface area contributed by atoms with Crippen molar-refractivity contribution in [2.75, 3.05) is 12.8 Å². The number of aryl methyl sites for hydroxylation is 1. The van der Waals surface area contributed by atoms with Crippen molar-refractivity contribution >= 4 is 22.7 Å². The van der Waals surface area contributed by atoms with Crippen LogP contribution in [-0.4, -0.2) is 53.6 Å². The van der Waals surface area contributed by atoms with Gasteiger partial charge in [0.25, 0.3) is 0 Å². The number of fused-ring (bicyclic) bond motifs is 1. The molecule has 11 heteroatoms. The number of aromatic hydroxyl groups is 1. The van der Waals surface area contributed by atoms with Gasteiger partial charge in [-0.2, -0.15) is 0 Å². The van der Waals surface area contributed by atoms with Crippen molar-refractivity contribution in [3.63, 3.8) is 0 Å². The third-order valence-electron chi connectivity index (χ3n) is 5.05. The Morgan fingerprint density at radius 3 is 2.57 bits per heavy atom. The smallest absolute Gasteiger partial charge is 0.404 e. The molecule has 1 aromatic carbocycles. The van der Waals surface area contributed by atoms with Gasteiger partial charge in [0.15, 0.2) is 23.6 Å². The van der Waals surface area contributed by atoms with Crippen molar-refractivity contribution in [3.05, 3.63) is 28.1 Å². The van der Waals surface area contributed by atoms with Crippen LogP contribution >= 0.6 is 0 Å². The standard InChI is InChI=1S/C19H24N2O9/c1-7-9(6-5-8-11(22)10(20)16(24)28-13(7)8)27-17-12(23)14(29-18(21)25)15(26-4)19(2,3)30-17/h5-6,12,14-15,17,22-23H,20H2,1-4H3,(H2,21,25). The lowest BCUT2D eigenvalue weighted by Gasteiger charge is -2.47. The SMILES string of the molecule is COC1C(OC(N)=O)C(O)C(Oc2ccc3c(O)c(N)c(=O)oc3c2C)OC1(C)C. The second-order valence-electron chi connectivity index (χ2n) is 7.47. The van der Waals surface area contributed by atoms with Crippen molar-refractivity contribution < 1.29 is 38.4 Å². The normalized spacial score (nSPS) is 25.8. The zero-order valence-electron chi connectivity index (χ0n) is 16.9. The Hall–Kier alpha value is -3.02. The van der Waals surface area contributed by atoms with Crippen LogP contribution in [0.25, 0.3) is 11.0 Å². The Kier molecular flexibility index (Phi) is 5.54. The second kappa shape index (κ2) is 7.67. The molecule has 11 nitrogen and oxygen atoms in total. The summed E-state index contributed by atoms with van der Waals surface area (Å²) in [6, 6.07) is 2.94. The fraction of sp³-hybridized carbons (Fsp3) is 0.474. The van der Waals surface area contributed by atoms with E-state index in [0.717, 1.165) is 0 Å². The molecule has 164 valence electrons.